The average Bonchev–Trinajstić information content (AvgIpc) is 3.39. The first-order valence-electron chi connectivity index (χ1n) is 31.4. The van der Waals surface area contributed by atoms with E-state index >= 15 is 0 Å². The molecule has 6 heteroatoms. The van der Waals surface area contributed by atoms with Gasteiger partial charge in [0.05, 0.1) is 0 Å². The third kappa shape index (κ3) is 59.6. The number of ether oxygens (including phenoxy) is 3. The number of esters is 3. The predicted molar refractivity (Wildman–Crippen MR) is 316 cm³/mol. The van der Waals surface area contributed by atoms with Crippen LogP contribution in [-0.4, -0.2) is 37.2 Å². The number of rotatable bonds is 57. The van der Waals surface area contributed by atoms with Crippen LogP contribution in [0, 0.1) is 0 Å². The zero-order valence-corrected chi connectivity index (χ0v) is 48.4. The van der Waals surface area contributed by atoms with Crippen LogP contribution >= 0.6 is 0 Å². The molecule has 0 saturated heterocycles. The van der Waals surface area contributed by atoms with Gasteiger partial charge in [0.1, 0.15) is 13.2 Å². The van der Waals surface area contributed by atoms with Gasteiger partial charge in [0.2, 0.25) is 0 Å². The second-order valence-corrected chi connectivity index (χ2v) is 21.0. The van der Waals surface area contributed by atoms with Crippen LogP contribution in [0.1, 0.15) is 316 Å². The van der Waals surface area contributed by atoms with Crippen LogP contribution in [0.2, 0.25) is 0 Å². The molecule has 0 rings (SSSR count). The smallest absolute Gasteiger partial charge is 0.306 e. The quantitative estimate of drug-likeness (QED) is 0.0261. The minimum atomic E-state index is -0.791. The lowest BCUT2D eigenvalue weighted by Gasteiger charge is -2.18. The van der Waals surface area contributed by atoms with Gasteiger partial charge in [0, 0.05) is 19.3 Å². The number of allylic oxidation sites excluding steroid dienone is 12. The largest absolute Gasteiger partial charge is 0.462 e. The molecule has 1 unspecified atom stereocenters. The standard InChI is InChI=1S/C67H118O6/c1-4-7-10-13-16-19-22-25-28-30-32-34-36-37-39-42-45-48-51-54-57-60-66(69)72-63-64(62-71-65(68)59-56-53-50-47-44-41-27-24-21-18-15-12-9-6-3)73-67(70)61-58-55-52-49-46-43-40-38-35-33-31-29-26-23-20-17-14-11-8-5-2/h7,10,16,19,25,28,32,34,37,39,45,48,64H,4-6,8-9,11-15,17-18,20-24,26-27,29-31,33,35-36,38,40-44,46-47,49-63H2,1-3H3/b10-7-,19-16-,28-25-,34-32-,39-37-,48-45-. The van der Waals surface area contributed by atoms with Gasteiger partial charge in [0.25, 0.3) is 0 Å². The molecule has 0 aliphatic heterocycles. The molecule has 0 aliphatic rings. The summed E-state index contributed by atoms with van der Waals surface area (Å²) < 4.78 is 16.9. The number of carbonyl (C=O) groups is 3. The number of hydrogen-bond donors (Lipinski definition) is 0. The molecule has 0 bridgehead atoms. The minimum Gasteiger partial charge on any atom is -0.462 e. The molecule has 0 radical (unpaired) electrons. The summed E-state index contributed by atoms with van der Waals surface area (Å²) in [6, 6.07) is 0. The molecule has 0 aliphatic carbocycles. The Hall–Kier alpha value is -3.15. The Bertz CT molecular complexity index is 1360. The van der Waals surface area contributed by atoms with E-state index in [2.05, 4.69) is 93.7 Å². The van der Waals surface area contributed by atoms with Crippen LogP contribution in [0.3, 0.4) is 0 Å². The summed E-state index contributed by atoms with van der Waals surface area (Å²) in [5.74, 6) is -0.913. The van der Waals surface area contributed by atoms with Gasteiger partial charge in [-0.15, -0.1) is 0 Å². The first-order valence-corrected chi connectivity index (χ1v) is 31.4. The van der Waals surface area contributed by atoms with Gasteiger partial charge in [-0.3, -0.25) is 14.4 Å². The maximum atomic E-state index is 12.9. The number of carbonyl (C=O) groups excluding carboxylic acids is 3. The van der Waals surface area contributed by atoms with Crippen LogP contribution < -0.4 is 0 Å². The average molecular weight is 1020 g/mol. The van der Waals surface area contributed by atoms with Crippen LogP contribution in [0.25, 0.3) is 0 Å². The normalized spacial score (nSPS) is 12.5. The van der Waals surface area contributed by atoms with E-state index in [-0.39, 0.29) is 31.1 Å². The number of unbranched alkanes of at least 4 members (excludes halogenated alkanes) is 34. The van der Waals surface area contributed by atoms with Crippen molar-refractivity contribution in [2.45, 2.75) is 322 Å². The Labute approximate surface area is 453 Å². The SMILES string of the molecule is CC/C=C\C/C=C\C/C=C\C/C=C\C/C=C\C/C=C\CCCCC(=O)OCC(COC(=O)CCCCCCCCCCCCCCCC)OC(=O)CCCCCCCCCCCCCCCCCCCCCC. The molecule has 0 aromatic heterocycles. The number of hydrogen-bond acceptors (Lipinski definition) is 6. The Balaban J connectivity index is 4.40. The Morgan fingerprint density at radius 3 is 0.836 bits per heavy atom. The van der Waals surface area contributed by atoms with Crippen molar-refractivity contribution in [3.8, 4) is 0 Å². The van der Waals surface area contributed by atoms with Crippen molar-refractivity contribution < 1.29 is 28.6 Å². The second kappa shape index (κ2) is 61.4. The molecule has 0 N–H and O–H groups in total. The maximum absolute atomic E-state index is 12.9. The molecular formula is C67H118O6. The summed E-state index contributed by atoms with van der Waals surface area (Å²) in [5.41, 5.74) is 0. The zero-order chi connectivity index (χ0) is 52.9. The zero-order valence-electron chi connectivity index (χ0n) is 48.4. The van der Waals surface area contributed by atoms with Gasteiger partial charge in [-0.2, -0.15) is 0 Å². The van der Waals surface area contributed by atoms with E-state index in [4.69, 9.17) is 14.2 Å². The molecule has 0 fully saturated rings. The van der Waals surface area contributed by atoms with Crippen molar-refractivity contribution in [1.82, 2.24) is 0 Å². The fourth-order valence-electron chi connectivity index (χ4n) is 9.04. The van der Waals surface area contributed by atoms with E-state index < -0.39 is 6.10 Å². The topological polar surface area (TPSA) is 78.9 Å². The van der Waals surface area contributed by atoms with Crippen molar-refractivity contribution in [3.63, 3.8) is 0 Å². The van der Waals surface area contributed by atoms with Gasteiger partial charge in [0.15, 0.2) is 6.10 Å². The maximum Gasteiger partial charge on any atom is 0.306 e. The first kappa shape index (κ1) is 69.8. The summed E-state index contributed by atoms with van der Waals surface area (Å²) in [5, 5.41) is 0. The fraction of sp³-hybridized carbons (Fsp3) is 0.776. The third-order valence-corrected chi connectivity index (χ3v) is 13.7. The summed E-state index contributed by atoms with van der Waals surface area (Å²) in [7, 11) is 0. The van der Waals surface area contributed by atoms with Gasteiger partial charge >= 0.3 is 17.9 Å². The van der Waals surface area contributed by atoms with E-state index in [0.717, 1.165) is 96.3 Å². The van der Waals surface area contributed by atoms with E-state index in [9.17, 15) is 14.4 Å². The molecule has 0 aromatic rings. The fourth-order valence-corrected chi connectivity index (χ4v) is 9.04. The van der Waals surface area contributed by atoms with E-state index in [1.165, 1.54) is 180 Å². The summed E-state index contributed by atoms with van der Waals surface area (Å²) in [4.78, 5) is 38.3. The summed E-state index contributed by atoms with van der Waals surface area (Å²) in [6.45, 7) is 6.53. The summed E-state index contributed by atoms with van der Waals surface area (Å²) in [6.07, 6.45) is 79.0. The molecule has 0 spiro atoms. The van der Waals surface area contributed by atoms with Crippen molar-refractivity contribution in [2.24, 2.45) is 0 Å². The van der Waals surface area contributed by atoms with Gasteiger partial charge in [-0.05, 0) is 70.6 Å². The molecule has 422 valence electrons. The first-order chi connectivity index (χ1) is 36.0. The lowest BCUT2D eigenvalue weighted by molar-refractivity contribution is -0.167. The van der Waals surface area contributed by atoms with E-state index in [0.29, 0.717) is 19.3 Å². The Kier molecular flexibility index (Phi) is 58.7. The van der Waals surface area contributed by atoms with E-state index in [1.54, 1.807) is 0 Å². The van der Waals surface area contributed by atoms with Crippen LogP contribution in [0.5, 0.6) is 0 Å². The van der Waals surface area contributed by atoms with E-state index in [1.807, 2.05) is 0 Å². The molecule has 0 heterocycles. The highest BCUT2D eigenvalue weighted by Crippen LogP contribution is 2.17. The molecular weight excluding hydrogens is 901 g/mol. The molecule has 1 atom stereocenters. The minimum absolute atomic E-state index is 0.0849. The summed E-state index contributed by atoms with van der Waals surface area (Å²) >= 11 is 0. The van der Waals surface area contributed by atoms with Gasteiger partial charge < -0.3 is 14.2 Å². The molecule has 0 aromatic carbocycles. The highest BCUT2D eigenvalue weighted by Gasteiger charge is 2.19. The van der Waals surface area contributed by atoms with Crippen molar-refractivity contribution in [3.05, 3.63) is 72.9 Å². The Morgan fingerprint density at radius 1 is 0.288 bits per heavy atom. The van der Waals surface area contributed by atoms with Crippen molar-refractivity contribution in [1.29, 1.82) is 0 Å². The highest BCUT2D eigenvalue weighted by atomic mass is 16.6. The molecule has 0 saturated carbocycles. The monoisotopic (exact) mass is 1020 g/mol. The van der Waals surface area contributed by atoms with Crippen LogP contribution in [0.4, 0.5) is 0 Å². The van der Waals surface area contributed by atoms with Gasteiger partial charge in [-0.1, -0.05) is 299 Å². The highest BCUT2D eigenvalue weighted by molar-refractivity contribution is 5.71. The van der Waals surface area contributed by atoms with Crippen LogP contribution in [0.15, 0.2) is 72.9 Å². The predicted octanol–water partition coefficient (Wildman–Crippen LogP) is 21.3. The Morgan fingerprint density at radius 2 is 0.534 bits per heavy atom. The van der Waals surface area contributed by atoms with Gasteiger partial charge in [-0.25, -0.2) is 0 Å². The van der Waals surface area contributed by atoms with Crippen LogP contribution in [-0.2, 0) is 28.6 Å². The molecule has 0 amide bonds. The second-order valence-electron chi connectivity index (χ2n) is 21.0. The van der Waals surface area contributed by atoms with Crippen molar-refractivity contribution in [2.75, 3.05) is 13.2 Å². The van der Waals surface area contributed by atoms with Crippen molar-refractivity contribution >= 4 is 17.9 Å². The molecule has 73 heavy (non-hydrogen) atoms. The lowest BCUT2D eigenvalue weighted by Crippen LogP contribution is -2.30. The molecule has 6 nitrogen and oxygen atoms in total. The third-order valence-electron chi connectivity index (χ3n) is 13.7. The lowest BCUT2D eigenvalue weighted by atomic mass is 10.0.